The summed E-state index contributed by atoms with van der Waals surface area (Å²) in [6, 6.07) is 15.5. The Bertz CT molecular complexity index is 693. The number of likely N-dealkylation sites (N-methyl/N-ethyl adjacent to an activating group) is 1. The number of fused-ring (bicyclic) bond motifs is 1. The molecular formula is C19H24N2O2. The van der Waals surface area contributed by atoms with E-state index in [-0.39, 0.29) is 18.6 Å². The van der Waals surface area contributed by atoms with Crippen molar-refractivity contribution in [3.8, 4) is 0 Å². The topological polar surface area (TPSA) is 32.8 Å². The molecule has 1 amide bonds. The fourth-order valence-corrected chi connectivity index (χ4v) is 2.89. The SMILES string of the molecule is C[C@@H](c1ccc2ccccc2c1)N1CC(OCC(=O)N(C)C)C1. The van der Waals surface area contributed by atoms with Gasteiger partial charge in [0.15, 0.2) is 0 Å². The zero-order chi connectivity index (χ0) is 16.4. The van der Waals surface area contributed by atoms with E-state index in [0.29, 0.717) is 6.04 Å². The molecule has 122 valence electrons. The number of likely N-dealkylation sites (tertiary alicyclic amines) is 1. The monoisotopic (exact) mass is 312 g/mol. The minimum atomic E-state index is 0.0195. The van der Waals surface area contributed by atoms with Crippen LogP contribution in [-0.4, -0.2) is 55.6 Å². The predicted molar refractivity (Wildman–Crippen MR) is 92.4 cm³/mol. The molecule has 0 spiro atoms. The summed E-state index contributed by atoms with van der Waals surface area (Å²) >= 11 is 0. The molecule has 1 heterocycles. The van der Waals surface area contributed by atoms with Crippen molar-refractivity contribution in [2.24, 2.45) is 0 Å². The second-order valence-corrected chi connectivity index (χ2v) is 6.46. The van der Waals surface area contributed by atoms with Gasteiger partial charge in [-0.05, 0) is 29.3 Å². The zero-order valence-electron chi connectivity index (χ0n) is 14.0. The van der Waals surface area contributed by atoms with Crippen molar-refractivity contribution >= 4 is 16.7 Å². The molecule has 0 aliphatic carbocycles. The maximum Gasteiger partial charge on any atom is 0.248 e. The molecule has 4 nitrogen and oxygen atoms in total. The van der Waals surface area contributed by atoms with Crippen LogP contribution in [0.5, 0.6) is 0 Å². The largest absolute Gasteiger partial charge is 0.366 e. The molecule has 1 saturated heterocycles. The number of carbonyl (C=O) groups excluding carboxylic acids is 1. The third-order valence-electron chi connectivity index (χ3n) is 4.62. The van der Waals surface area contributed by atoms with E-state index in [1.54, 1.807) is 19.0 Å². The minimum absolute atomic E-state index is 0.0195. The van der Waals surface area contributed by atoms with Crippen LogP contribution in [0.3, 0.4) is 0 Å². The van der Waals surface area contributed by atoms with Crippen molar-refractivity contribution in [2.45, 2.75) is 19.1 Å². The number of benzene rings is 2. The quantitative estimate of drug-likeness (QED) is 0.851. The first-order chi connectivity index (χ1) is 11.0. The molecule has 23 heavy (non-hydrogen) atoms. The van der Waals surface area contributed by atoms with Crippen LogP contribution in [0.1, 0.15) is 18.5 Å². The van der Waals surface area contributed by atoms with Crippen molar-refractivity contribution in [1.29, 1.82) is 0 Å². The highest BCUT2D eigenvalue weighted by Gasteiger charge is 2.32. The van der Waals surface area contributed by atoms with E-state index in [0.717, 1.165) is 13.1 Å². The van der Waals surface area contributed by atoms with Crippen molar-refractivity contribution in [1.82, 2.24) is 9.80 Å². The fourth-order valence-electron chi connectivity index (χ4n) is 2.89. The number of hydrogen-bond donors (Lipinski definition) is 0. The van der Waals surface area contributed by atoms with Crippen LogP contribution in [0.2, 0.25) is 0 Å². The molecule has 0 saturated carbocycles. The van der Waals surface area contributed by atoms with E-state index in [4.69, 9.17) is 4.74 Å². The lowest BCUT2D eigenvalue weighted by atomic mass is 9.99. The van der Waals surface area contributed by atoms with Gasteiger partial charge in [-0.25, -0.2) is 0 Å². The Hall–Kier alpha value is -1.91. The normalized spacial score (nSPS) is 17.0. The summed E-state index contributed by atoms with van der Waals surface area (Å²) in [7, 11) is 3.50. The number of hydrogen-bond acceptors (Lipinski definition) is 3. The number of ether oxygens (including phenoxy) is 1. The van der Waals surface area contributed by atoms with E-state index in [1.165, 1.54) is 16.3 Å². The lowest BCUT2D eigenvalue weighted by molar-refractivity contribution is -0.141. The van der Waals surface area contributed by atoms with Gasteiger partial charge in [0.1, 0.15) is 6.61 Å². The summed E-state index contributed by atoms with van der Waals surface area (Å²) in [6.07, 6.45) is 0.168. The number of nitrogens with zero attached hydrogens (tertiary/aromatic N) is 2. The van der Waals surface area contributed by atoms with Crippen molar-refractivity contribution in [3.05, 3.63) is 48.0 Å². The van der Waals surface area contributed by atoms with Gasteiger partial charge < -0.3 is 9.64 Å². The van der Waals surface area contributed by atoms with E-state index in [2.05, 4.69) is 54.3 Å². The zero-order valence-corrected chi connectivity index (χ0v) is 14.0. The third kappa shape index (κ3) is 3.54. The molecule has 1 aliphatic heterocycles. The average Bonchev–Trinajstić information content (AvgIpc) is 2.52. The Balaban J connectivity index is 1.55. The molecule has 0 N–H and O–H groups in total. The summed E-state index contributed by atoms with van der Waals surface area (Å²) in [6.45, 7) is 4.17. The molecule has 0 radical (unpaired) electrons. The Morgan fingerprint density at radius 1 is 1.22 bits per heavy atom. The molecular weight excluding hydrogens is 288 g/mol. The van der Waals surface area contributed by atoms with Crippen LogP contribution < -0.4 is 0 Å². The highest BCUT2D eigenvalue weighted by Crippen LogP contribution is 2.28. The fraction of sp³-hybridized carbons (Fsp3) is 0.421. The van der Waals surface area contributed by atoms with Gasteiger partial charge in [0.25, 0.3) is 0 Å². The predicted octanol–water partition coefficient (Wildman–Crippen LogP) is 2.69. The van der Waals surface area contributed by atoms with Gasteiger partial charge in [-0.15, -0.1) is 0 Å². The Kier molecular flexibility index (Phi) is 4.64. The van der Waals surface area contributed by atoms with Crippen LogP contribution >= 0.6 is 0 Å². The van der Waals surface area contributed by atoms with Crippen molar-refractivity contribution in [2.75, 3.05) is 33.8 Å². The first-order valence-corrected chi connectivity index (χ1v) is 8.09. The first-order valence-electron chi connectivity index (χ1n) is 8.09. The smallest absolute Gasteiger partial charge is 0.248 e. The maximum atomic E-state index is 11.5. The lowest BCUT2D eigenvalue weighted by Gasteiger charge is -2.43. The van der Waals surface area contributed by atoms with E-state index < -0.39 is 0 Å². The highest BCUT2D eigenvalue weighted by atomic mass is 16.5. The van der Waals surface area contributed by atoms with Gasteiger partial charge in [0.05, 0.1) is 6.10 Å². The standard InChI is InChI=1S/C19H24N2O2/c1-14(16-9-8-15-6-4-5-7-17(15)10-16)21-11-18(12-21)23-13-19(22)20(2)3/h4-10,14,18H,11-13H2,1-3H3/t14-/m0/s1. The lowest BCUT2D eigenvalue weighted by Crippen LogP contribution is -2.53. The van der Waals surface area contributed by atoms with E-state index in [1.807, 2.05) is 0 Å². The molecule has 3 rings (SSSR count). The number of rotatable bonds is 5. The molecule has 1 atom stereocenters. The highest BCUT2D eigenvalue weighted by molar-refractivity contribution is 5.83. The van der Waals surface area contributed by atoms with E-state index in [9.17, 15) is 4.79 Å². The molecule has 4 heteroatoms. The Morgan fingerprint density at radius 2 is 1.91 bits per heavy atom. The molecule has 1 aliphatic rings. The van der Waals surface area contributed by atoms with Crippen LogP contribution in [-0.2, 0) is 9.53 Å². The summed E-state index contributed by atoms with van der Waals surface area (Å²) < 4.78 is 5.65. The van der Waals surface area contributed by atoms with Crippen LogP contribution in [0.25, 0.3) is 10.8 Å². The second kappa shape index (κ2) is 6.69. The van der Waals surface area contributed by atoms with Crippen molar-refractivity contribution < 1.29 is 9.53 Å². The number of carbonyl (C=O) groups is 1. The molecule has 2 aromatic carbocycles. The van der Waals surface area contributed by atoms with Crippen molar-refractivity contribution in [3.63, 3.8) is 0 Å². The third-order valence-corrected chi connectivity index (χ3v) is 4.62. The molecule has 0 aromatic heterocycles. The van der Waals surface area contributed by atoms with Gasteiger partial charge in [-0.2, -0.15) is 0 Å². The van der Waals surface area contributed by atoms with E-state index >= 15 is 0 Å². The Labute approximate surface area is 137 Å². The Morgan fingerprint density at radius 3 is 2.61 bits per heavy atom. The minimum Gasteiger partial charge on any atom is -0.366 e. The molecule has 2 aromatic rings. The molecule has 0 bridgehead atoms. The van der Waals surface area contributed by atoms with Gasteiger partial charge >= 0.3 is 0 Å². The van der Waals surface area contributed by atoms with Crippen LogP contribution in [0.4, 0.5) is 0 Å². The van der Waals surface area contributed by atoms with Gasteiger partial charge in [0, 0.05) is 33.2 Å². The maximum absolute atomic E-state index is 11.5. The summed E-state index contributed by atoms with van der Waals surface area (Å²) in [5.41, 5.74) is 1.33. The first kappa shape index (κ1) is 16.0. The van der Waals surface area contributed by atoms with Crippen LogP contribution in [0.15, 0.2) is 42.5 Å². The second-order valence-electron chi connectivity index (χ2n) is 6.46. The van der Waals surface area contributed by atoms with Gasteiger partial charge in [-0.3, -0.25) is 9.69 Å². The average molecular weight is 312 g/mol. The summed E-state index contributed by atoms with van der Waals surface area (Å²) in [4.78, 5) is 15.5. The van der Waals surface area contributed by atoms with Gasteiger partial charge in [-0.1, -0.05) is 36.4 Å². The summed E-state index contributed by atoms with van der Waals surface area (Å²) in [5.74, 6) is 0.0195. The van der Waals surface area contributed by atoms with Crippen LogP contribution in [0, 0.1) is 0 Å². The number of amides is 1. The summed E-state index contributed by atoms with van der Waals surface area (Å²) in [5, 5.41) is 2.55. The van der Waals surface area contributed by atoms with Gasteiger partial charge in [0.2, 0.25) is 5.91 Å². The molecule has 0 unspecified atom stereocenters. The molecule has 1 fully saturated rings.